The zero-order valence-corrected chi connectivity index (χ0v) is 15.1. The number of hydrogen-bond donors (Lipinski definition) is 2. The average molecular weight is 400 g/mol. The highest BCUT2D eigenvalue weighted by Crippen LogP contribution is 2.16. The summed E-state index contributed by atoms with van der Waals surface area (Å²) >= 11 is 3.43. The molecule has 23 heavy (non-hydrogen) atoms. The summed E-state index contributed by atoms with van der Waals surface area (Å²) in [5.74, 6) is 0.773. The van der Waals surface area contributed by atoms with Crippen LogP contribution in [0.4, 0.5) is 5.95 Å². The van der Waals surface area contributed by atoms with Crippen molar-refractivity contribution in [3.63, 3.8) is 0 Å². The molecule has 1 aromatic heterocycles. The van der Waals surface area contributed by atoms with Crippen LogP contribution in [0.3, 0.4) is 0 Å². The molecule has 1 amide bonds. The van der Waals surface area contributed by atoms with Gasteiger partial charge in [0.1, 0.15) is 0 Å². The van der Waals surface area contributed by atoms with Gasteiger partial charge in [0.2, 0.25) is 11.9 Å². The molecule has 1 aromatic carbocycles. The summed E-state index contributed by atoms with van der Waals surface area (Å²) in [6.07, 6.45) is 5.38. The Balaban J connectivity index is 0.00000192. The first-order chi connectivity index (χ1) is 10.7. The maximum absolute atomic E-state index is 12.3. The van der Waals surface area contributed by atoms with Crippen molar-refractivity contribution in [1.29, 1.82) is 0 Å². The van der Waals surface area contributed by atoms with Crippen molar-refractivity contribution in [3.05, 3.63) is 46.7 Å². The molecule has 1 fully saturated rings. The minimum atomic E-state index is 0. The second kappa shape index (κ2) is 8.47. The summed E-state index contributed by atoms with van der Waals surface area (Å²) in [5.41, 5.74) is 1.17. The van der Waals surface area contributed by atoms with E-state index in [1.54, 1.807) is 6.20 Å². The zero-order valence-electron chi connectivity index (χ0n) is 12.7. The number of hydrogen-bond acceptors (Lipinski definition) is 3. The van der Waals surface area contributed by atoms with Gasteiger partial charge in [-0.3, -0.25) is 10.1 Å². The Morgan fingerprint density at radius 1 is 1.30 bits per heavy atom. The molecule has 1 aliphatic rings. The van der Waals surface area contributed by atoms with E-state index in [-0.39, 0.29) is 24.2 Å². The minimum Gasteiger partial charge on any atom is -0.317 e. The Labute approximate surface area is 150 Å². The SMILES string of the molecule is Cl.O=C(Nc1nccn1Cc1ccc(Br)cc1)C1CCNCC1. The number of imidazole rings is 1. The number of anilines is 1. The smallest absolute Gasteiger partial charge is 0.229 e. The standard InChI is InChI=1S/C16H19BrN4O.ClH/c17-14-3-1-12(2-4-14)11-21-10-9-19-16(21)20-15(22)13-5-7-18-8-6-13;/h1-4,9-10,13,18H,5-8,11H2,(H,19,20,22);1H. The van der Waals surface area contributed by atoms with Crippen LogP contribution in [0.15, 0.2) is 41.1 Å². The molecule has 7 heteroatoms. The molecule has 0 saturated carbocycles. The number of halogens is 2. The van der Waals surface area contributed by atoms with Gasteiger partial charge in [-0.15, -0.1) is 12.4 Å². The van der Waals surface area contributed by atoms with E-state index in [4.69, 9.17) is 0 Å². The summed E-state index contributed by atoms with van der Waals surface area (Å²) in [4.78, 5) is 16.6. The van der Waals surface area contributed by atoms with E-state index >= 15 is 0 Å². The molecule has 1 aliphatic heterocycles. The third-order valence-electron chi connectivity index (χ3n) is 3.93. The highest BCUT2D eigenvalue weighted by Gasteiger charge is 2.22. The van der Waals surface area contributed by atoms with E-state index in [9.17, 15) is 4.79 Å². The monoisotopic (exact) mass is 398 g/mol. The quantitative estimate of drug-likeness (QED) is 0.831. The summed E-state index contributed by atoms with van der Waals surface area (Å²) < 4.78 is 3.02. The molecule has 2 heterocycles. The van der Waals surface area contributed by atoms with Crippen LogP contribution in [0.2, 0.25) is 0 Å². The molecule has 2 aromatic rings. The lowest BCUT2D eigenvalue weighted by Crippen LogP contribution is -2.35. The van der Waals surface area contributed by atoms with Gasteiger partial charge < -0.3 is 9.88 Å². The lowest BCUT2D eigenvalue weighted by molar-refractivity contribution is -0.120. The van der Waals surface area contributed by atoms with E-state index in [2.05, 4.69) is 43.7 Å². The van der Waals surface area contributed by atoms with Gasteiger partial charge in [-0.25, -0.2) is 4.98 Å². The van der Waals surface area contributed by atoms with Gasteiger partial charge in [0, 0.05) is 22.8 Å². The van der Waals surface area contributed by atoms with Gasteiger partial charge >= 0.3 is 0 Å². The number of nitrogens with zero attached hydrogens (tertiary/aromatic N) is 2. The van der Waals surface area contributed by atoms with E-state index in [0.717, 1.165) is 30.4 Å². The number of carbonyl (C=O) groups excluding carboxylic acids is 1. The molecule has 0 spiro atoms. The van der Waals surface area contributed by atoms with Crippen LogP contribution < -0.4 is 10.6 Å². The highest BCUT2D eigenvalue weighted by molar-refractivity contribution is 9.10. The van der Waals surface area contributed by atoms with Crippen LogP contribution in [-0.4, -0.2) is 28.5 Å². The summed E-state index contributed by atoms with van der Waals surface area (Å²) in [6, 6.07) is 8.14. The molecular formula is C16H20BrClN4O. The van der Waals surface area contributed by atoms with Gasteiger partial charge in [0.05, 0.1) is 6.54 Å². The molecule has 0 aliphatic carbocycles. The second-order valence-corrected chi connectivity index (χ2v) is 6.43. The number of benzene rings is 1. The van der Waals surface area contributed by atoms with Crippen molar-refractivity contribution >= 4 is 40.2 Å². The second-order valence-electron chi connectivity index (χ2n) is 5.52. The third kappa shape index (κ3) is 4.80. The van der Waals surface area contributed by atoms with Gasteiger partial charge in [-0.2, -0.15) is 0 Å². The van der Waals surface area contributed by atoms with E-state index < -0.39 is 0 Å². The molecule has 0 radical (unpaired) electrons. The van der Waals surface area contributed by atoms with E-state index in [0.29, 0.717) is 12.5 Å². The van der Waals surface area contributed by atoms with Crippen molar-refractivity contribution in [3.8, 4) is 0 Å². The topological polar surface area (TPSA) is 59.0 Å². The fraction of sp³-hybridized carbons (Fsp3) is 0.375. The molecule has 5 nitrogen and oxygen atoms in total. The van der Waals surface area contributed by atoms with Gasteiger partial charge in [0.25, 0.3) is 0 Å². The first kappa shape index (κ1) is 18.0. The fourth-order valence-electron chi connectivity index (χ4n) is 2.64. The molecule has 2 N–H and O–H groups in total. The Kier molecular flexibility index (Phi) is 6.62. The lowest BCUT2D eigenvalue weighted by Gasteiger charge is -2.21. The molecule has 124 valence electrons. The van der Waals surface area contributed by atoms with Crippen LogP contribution in [0.25, 0.3) is 0 Å². The maximum Gasteiger partial charge on any atom is 0.229 e. The number of piperidine rings is 1. The van der Waals surface area contributed by atoms with Crippen LogP contribution in [0.5, 0.6) is 0 Å². The summed E-state index contributed by atoms with van der Waals surface area (Å²) in [6.45, 7) is 2.51. The number of nitrogens with one attached hydrogen (secondary N) is 2. The molecular weight excluding hydrogens is 380 g/mol. The fourth-order valence-corrected chi connectivity index (χ4v) is 2.91. The first-order valence-electron chi connectivity index (χ1n) is 7.49. The van der Waals surface area contributed by atoms with E-state index in [1.165, 1.54) is 5.56 Å². The average Bonchev–Trinajstić information content (AvgIpc) is 2.97. The molecule has 3 rings (SSSR count). The molecule has 0 bridgehead atoms. The highest BCUT2D eigenvalue weighted by atomic mass is 79.9. The largest absolute Gasteiger partial charge is 0.317 e. The third-order valence-corrected chi connectivity index (χ3v) is 4.46. The summed E-state index contributed by atoms with van der Waals surface area (Å²) in [5, 5.41) is 6.24. The number of amides is 1. The normalized spacial score (nSPS) is 15.0. The van der Waals surface area contributed by atoms with Crippen molar-refractivity contribution in [1.82, 2.24) is 14.9 Å². The van der Waals surface area contributed by atoms with Crippen LogP contribution >= 0.6 is 28.3 Å². The Hall–Kier alpha value is -1.37. The van der Waals surface area contributed by atoms with Gasteiger partial charge in [0.15, 0.2) is 0 Å². The van der Waals surface area contributed by atoms with Gasteiger partial charge in [-0.05, 0) is 43.6 Å². The van der Waals surface area contributed by atoms with Gasteiger partial charge in [-0.1, -0.05) is 28.1 Å². The maximum atomic E-state index is 12.3. The van der Waals surface area contributed by atoms with Crippen LogP contribution in [0, 0.1) is 5.92 Å². The minimum absolute atomic E-state index is 0. The van der Waals surface area contributed by atoms with Crippen molar-refractivity contribution in [2.75, 3.05) is 18.4 Å². The molecule has 0 atom stereocenters. The predicted molar refractivity (Wildman–Crippen MR) is 96.9 cm³/mol. The van der Waals surface area contributed by atoms with Crippen LogP contribution in [-0.2, 0) is 11.3 Å². The van der Waals surface area contributed by atoms with Crippen LogP contribution in [0.1, 0.15) is 18.4 Å². The van der Waals surface area contributed by atoms with E-state index in [1.807, 2.05) is 22.9 Å². The number of aromatic nitrogens is 2. The Bertz CT molecular complexity index is 638. The first-order valence-corrected chi connectivity index (χ1v) is 8.29. The van der Waals surface area contributed by atoms with Crippen molar-refractivity contribution in [2.24, 2.45) is 5.92 Å². The molecule has 0 unspecified atom stereocenters. The zero-order chi connectivity index (χ0) is 15.4. The number of rotatable bonds is 4. The number of carbonyl (C=O) groups is 1. The predicted octanol–water partition coefficient (Wildman–Crippen LogP) is 3.05. The Morgan fingerprint density at radius 3 is 2.70 bits per heavy atom. The molecule has 1 saturated heterocycles. The lowest BCUT2D eigenvalue weighted by atomic mass is 9.97. The van der Waals surface area contributed by atoms with Crippen molar-refractivity contribution < 1.29 is 4.79 Å². The Morgan fingerprint density at radius 2 is 2.00 bits per heavy atom. The van der Waals surface area contributed by atoms with Crippen molar-refractivity contribution in [2.45, 2.75) is 19.4 Å². The summed E-state index contributed by atoms with van der Waals surface area (Å²) in [7, 11) is 0.